The molecule has 2 N–H and O–H groups in total. The zero-order chi connectivity index (χ0) is 18.0. The first-order valence-electron chi connectivity index (χ1n) is 7.38. The summed E-state index contributed by atoms with van der Waals surface area (Å²) in [6, 6.07) is 4.73. The number of anilines is 1. The zero-order valence-corrected chi connectivity index (χ0v) is 15.1. The van der Waals surface area contributed by atoms with E-state index in [9.17, 15) is 13.2 Å². The summed E-state index contributed by atoms with van der Waals surface area (Å²) in [6.45, 7) is 3.95. The summed E-state index contributed by atoms with van der Waals surface area (Å²) in [5.41, 5.74) is 0.722. The number of hydrogen-bond donors (Lipinski definition) is 2. The minimum atomic E-state index is -3.87. The molecule has 2 heterocycles. The largest absolute Gasteiger partial charge is 0.486 e. The third kappa shape index (κ3) is 4.06. The summed E-state index contributed by atoms with van der Waals surface area (Å²) >= 11 is 0.779. The average molecular weight is 384 g/mol. The van der Waals surface area contributed by atoms with Gasteiger partial charge >= 0.3 is 0 Å². The number of aromatic nitrogens is 2. The summed E-state index contributed by atoms with van der Waals surface area (Å²) in [7, 11) is -3.87. The van der Waals surface area contributed by atoms with E-state index in [1.54, 1.807) is 25.1 Å². The van der Waals surface area contributed by atoms with Crippen molar-refractivity contribution in [1.29, 1.82) is 0 Å². The van der Waals surface area contributed by atoms with Gasteiger partial charge in [0.2, 0.25) is 15.4 Å². The van der Waals surface area contributed by atoms with Crippen molar-refractivity contribution in [2.75, 3.05) is 18.5 Å². The number of sulfonamides is 1. The summed E-state index contributed by atoms with van der Waals surface area (Å²) in [5.74, 6) is 0.866. The Morgan fingerprint density at radius 3 is 2.68 bits per heavy atom. The SMILES string of the molecule is CC(=O)Nc1nnc(S(=O)(=O)N[C@H](C)c2ccc3c(c2)OCCO3)s1. The number of amides is 1. The maximum atomic E-state index is 12.4. The number of nitrogens with one attached hydrogen (secondary N) is 2. The van der Waals surface area contributed by atoms with Crippen LogP contribution in [0.25, 0.3) is 0 Å². The van der Waals surface area contributed by atoms with E-state index in [0.717, 1.165) is 16.9 Å². The second-order valence-electron chi connectivity index (χ2n) is 5.30. The standard InChI is InChI=1S/C14H16N4O5S2/c1-8(10-3-4-11-12(7-10)23-6-5-22-11)18-25(20,21)14-17-16-13(24-14)15-9(2)19/h3-4,7-8,18H,5-6H2,1-2H3,(H,15,16,19)/t8-/m1/s1. The van der Waals surface area contributed by atoms with Crippen LogP contribution >= 0.6 is 11.3 Å². The van der Waals surface area contributed by atoms with Gasteiger partial charge in [-0.05, 0) is 24.6 Å². The Hall–Kier alpha value is -2.24. The monoisotopic (exact) mass is 384 g/mol. The van der Waals surface area contributed by atoms with Crippen molar-refractivity contribution in [3.63, 3.8) is 0 Å². The van der Waals surface area contributed by atoms with Crippen LogP contribution in [-0.4, -0.2) is 37.7 Å². The van der Waals surface area contributed by atoms with Gasteiger partial charge in [0, 0.05) is 13.0 Å². The van der Waals surface area contributed by atoms with Crippen LogP contribution < -0.4 is 19.5 Å². The van der Waals surface area contributed by atoms with E-state index in [1.807, 2.05) is 0 Å². The van der Waals surface area contributed by atoms with Gasteiger partial charge in [-0.1, -0.05) is 17.4 Å². The van der Waals surface area contributed by atoms with Crippen molar-refractivity contribution in [3.05, 3.63) is 23.8 Å². The zero-order valence-electron chi connectivity index (χ0n) is 13.5. The molecule has 25 heavy (non-hydrogen) atoms. The number of nitrogens with zero attached hydrogens (tertiary/aromatic N) is 2. The van der Waals surface area contributed by atoms with Gasteiger partial charge in [-0.25, -0.2) is 13.1 Å². The summed E-state index contributed by atoms with van der Waals surface area (Å²) in [4.78, 5) is 11.0. The maximum Gasteiger partial charge on any atom is 0.270 e. The van der Waals surface area contributed by atoms with Gasteiger partial charge in [-0.2, -0.15) is 0 Å². The number of carbonyl (C=O) groups excluding carboxylic acids is 1. The molecule has 0 aliphatic carbocycles. The Labute approximate surface area is 148 Å². The van der Waals surface area contributed by atoms with E-state index in [1.165, 1.54) is 6.92 Å². The van der Waals surface area contributed by atoms with Crippen LogP contribution in [0.15, 0.2) is 22.5 Å². The van der Waals surface area contributed by atoms with Gasteiger partial charge in [0.1, 0.15) is 13.2 Å². The highest BCUT2D eigenvalue weighted by Gasteiger charge is 2.24. The molecule has 0 bridgehead atoms. The molecule has 0 radical (unpaired) electrons. The lowest BCUT2D eigenvalue weighted by molar-refractivity contribution is -0.114. The van der Waals surface area contributed by atoms with Crippen molar-refractivity contribution in [2.24, 2.45) is 0 Å². The fraction of sp³-hybridized carbons (Fsp3) is 0.357. The molecule has 1 aromatic carbocycles. The normalized spacial score (nSPS) is 14.8. The minimum Gasteiger partial charge on any atom is -0.486 e. The van der Waals surface area contributed by atoms with Crippen molar-refractivity contribution in [2.45, 2.75) is 24.2 Å². The van der Waals surface area contributed by atoms with Crippen LogP contribution in [0.2, 0.25) is 0 Å². The molecule has 1 aromatic heterocycles. The van der Waals surface area contributed by atoms with Crippen LogP contribution in [0.1, 0.15) is 25.5 Å². The van der Waals surface area contributed by atoms with Gasteiger partial charge < -0.3 is 14.8 Å². The smallest absolute Gasteiger partial charge is 0.270 e. The van der Waals surface area contributed by atoms with E-state index < -0.39 is 16.1 Å². The molecular formula is C14H16N4O5S2. The van der Waals surface area contributed by atoms with Gasteiger partial charge in [0.05, 0.1) is 0 Å². The molecule has 134 valence electrons. The topological polar surface area (TPSA) is 120 Å². The van der Waals surface area contributed by atoms with E-state index in [4.69, 9.17) is 9.47 Å². The third-order valence-electron chi connectivity index (χ3n) is 3.32. The Bertz CT molecular complexity index is 896. The Balaban J connectivity index is 1.76. The molecule has 0 saturated carbocycles. The quantitative estimate of drug-likeness (QED) is 0.746. The number of rotatable bonds is 5. The van der Waals surface area contributed by atoms with Gasteiger partial charge in [-0.3, -0.25) is 4.79 Å². The minimum absolute atomic E-state index is 0.125. The van der Waals surface area contributed by atoms with Crippen LogP contribution in [0.5, 0.6) is 11.5 Å². The molecule has 0 unspecified atom stereocenters. The molecule has 9 nitrogen and oxygen atoms in total. The summed E-state index contributed by atoms with van der Waals surface area (Å²) in [6.07, 6.45) is 0. The Kier molecular flexibility index (Phi) is 4.88. The van der Waals surface area contributed by atoms with Crippen LogP contribution in [0.4, 0.5) is 5.13 Å². The van der Waals surface area contributed by atoms with E-state index in [2.05, 4.69) is 20.2 Å². The summed E-state index contributed by atoms with van der Waals surface area (Å²) in [5, 5.41) is 9.78. The molecule has 3 rings (SSSR count). The number of carbonyl (C=O) groups is 1. The highest BCUT2D eigenvalue weighted by atomic mass is 32.2. The molecule has 1 amide bonds. The molecule has 0 fully saturated rings. The van der Waals surface area contributed by atoms with Crippen molar-refractivity contribution < 1.29 is 22.7 Å². The lowest BCUT2D eigenvalue weighted by atomic mass is 10.1. The highest BCUT2D eigenvalue weighted by Crippen LogP contribution is 2.33. The second-order valence-corrected chi connectivity index (χ2v) is 8.17. The first kappa shape index (κ1) is 17.6. The van der Waals surface area contributed by atoms with Gasteiger partial charge in [0.25, 0.3) is 10.0 Å². The van der Waals surface area contributed by atoms with Crippen LogP contribution in [-0.2, 0) is 14.8 Å². The second kappa shape index (κ2) is 6.94. The van der Waals surface area contributed by atoms with E-state index in [0.29, 0.717) is 24.7 Å². The molecule has 0 spiro atoms. The fourth-order valence-corrected chi connectivity index (χ4v) is 4.39. The number of benzene rings is 1. The van der Waals surface area contributed by atoms with E-state index >= 15 is 0 Å². The first-order valence-corrected chi connectivity index (χ1v) is 9.68. The highest BCUT2D eigenvalue weighted by molar-refractivity contribution is 7.91. The number of fused-ring (bicyclic) bond motifs is 1. The molecular weight excluding hydrogens is 368 g/mol. The van der Waals surface area contributed by atoms with Gasteiger partial charge in [0.15, 0.2) is 11.5 Å². The molecule has 11 heteroatoms. The molecule has 1 atom stereocenters. The molecule has 2 aromatic rings. The van der Waals surface area contributed by atoms with E-state index in [-0.39, 0.29) is 15.4 Å². The maximum absolute atomic E-state index is 12.4. The fourth-order valence-electron chi connectivity index (χ4n) is 2.20. The Morgan fingerprint density at radius 1 is 1.24 bits per heavy atom. The van der Waals surface area contributed by atoms with Crippen molar-refractivity contribution in [1.82, 2.24) is 14.9 Å². The predicted octanol–water partition coefficient (Wildman–Crippen LogP) is 1.31. The van der Waals surface area contributed by atoms with Crippen LogP contribution in [0.3, 0.4) is 0 Å². The van der Waals surface area contributed by atoms with Crippen molar-refractivity contribution in [3.8, 4) is 11.5 Å². The third-order valence-corrected chi connectivity index (χ3v) is 6.06. The number of hydrogen-bond acceptors (Lipinski definition) is 8. The predicted molar refractivity (Wildman–Crippen MR) is 90.4 cm³/mol. The number of ether oxygens (including phenoxy) is 2. The molecule has 0 saturated heterocycles. The average Bonchev–Trinajstić information content (AvgIpc) is 3.02. The van der Waals surface area contributed by atoms with Crippen molar-refractivity contribution >= 4 is 32.4 Å². The summed E-state index contributed by atoms with van der Waals surface area (Å²) < 4.78 is 38.1. The lowest BCUT2D eigenvalue weighted by Gasteiger charge is -2.20. The molecule has 1 aliphatic rings. The van der Waals surface area contributed by atoms with Gasteiger partial charge in [-0.15, -0.1) is 10.2 Å². The first-order chi connectivity index (χ1) is 11.8. The van der Waals surface area contributed by atoms with Crippen LogP contribution in [0, 0.1) is 0 Å². The Morgan fingerprint density at radius 2 is 1.96 bits per heavy atom. The molecule has 1 aliphatic heterocycles. The lowest BCUT2D eigenvalue weighted by Crippen LogP contribution is -2.27.